The van der Waals surface area contributed by atoms with Crippen LogP contribution in [0.1, 0.15) is 16.8 Å². The second-order valence-electron chi connectivity index (χ2n) is 4.52. The van der Waals surface area contributed by atoms with Crippen LogP contribution in [-0.2, 0) is 9.53 Å². The van der Waals surface area contributed by atoms with E-state index in [9.17, 15) is 14.0 Å². The standard InChI is InChI=1S/C16H15FN2O3/c1-22-15(20)8-9-18-16(21)12-4-7-14(19-10-12)11-2-5-13(17)6-3-11/h2-7,10H,8-9H2,1H3,(H,18,21). The van der Waals surface area contributed by atoms with Gasteiger partial charge >= 0.3 is 5.97 Å². The molecule has 2 rings (SSSR count). The number of pyridine rings is 1. The fourth-order valence-corrected chi connectivity index (χ4v) is 1.80. The molecule has 0 unspecified atom stereocenters. The Kier molecular flexibility index (Phi) is 5.19. The van der Waals surface area contributed by atoms with Gasteiger partial charge in [-0.1, -0.05) is 0 Å². The minimum absolute atomic E-state index is 0.114. The average Bonchev–Trinajstić information content (AvgIpc) is 2.55. The molecule has 6 heteroatoms. The fraction of sp³-hybridized carbons (Fsp3) is 0.188. The molecule has 114 valence electrons. The Morgan fingerprint density at radius 2 is 1.91 bits per heavy atom. The SMILES string of the molecule is COC(=O)CCNC(=O)c1ccc(-c2ccc(F)cc2)nc1. The number of carbonyl (C=O) groups is 2. The number of carbonyl (C=O) groups excluding carboxylic acids is 2. The molecule has 0 atom stereocenters. The lowest BCUT2D eigenvalue weighted by Crippen LogP contribution is -2.26. The number of methoxy groups -OCH3 is 1. The van der Waals surface area contributed by atoms with Gasteiger partial charge in [-0.2, -0.15) is 0 Å². The molecule has 0 bridgehead atoms. The highest BCUT2D eigenvalue weighted by Crippen LogP contribution is 2.17. The normalized spacial score (nSPS) is 10.1. The minimum Gasteiger partial charge on any atom is -0.469 e. The molecule has 2 aromatic rings. The molecular formula is C16H15FN2O3. The van der Waals surface area contributed by atoms with Crippen molar-refractivity contribution in [1.29, 1.82) is 0 Å². The molecule has 22 heavy (non-hydrogen) atoms. The molecule has 1 N–H and O–H groups in total. The van der Waals surface area contributed by atoms with Crippen LogP contribution in [0.25, 0.3) is 11.3 Å². The molecule has 0 saturated heterocycles. The van der Waals surface area contributed by atoms with Crippen LogP contribution in [0.4, 0.5) is 4.39 Å². The van der Waals surface area contributed by atoms with Crippen LogP contribution in [0, 0.1) is 5.82 Å². The van der Waals surface area contributed by atoms with Gasteiger partial charge in [0.2, 0.25) is 0 Å². The summed E-state index contributed by atoms with van der Waals surface area (Å²) in [5, 5.41) is 2.60. The zero-order valence-corrected chi connectivity index (χ0v) is 12.0. The summed E-state index contributed by atoms with van der Waals surface area (Å²) in [7, 11) is 1.29. The Bertz CT molecular complexity index is 654. The number of nitrogens with zero attached hydrogens (tertiary/aromatic N) is 1. The minimum atomic E-state index is -0.384. The van der Waals surface area contributed by atoms with E-state index in [1.807, 2.05) is 0 Å². The summed E-state index contributed by atoms with van der Waals surface area (Å²) in [5.41, 5.74) is 1.79. The van der Waals surface area contributed by atoms with E-state index >= 15 is 0 Å². The lowest BCUT2D eigenvalue weighted by Gasteiger charge is -2.05. The maximum Gasteiger partial charge on any atom is 0.307 e. The monoisotopic (exact) mass is 302 g/mol. The zero-order chi connectivity index (χ0) is 15.9. The van der Waals surface area contributed by atoms with Crippen molar-refractivity contribution in [2.75, 3.05) is 13.7 Å². The summed E-state index contributed by atoms with van der Waals surface area (Å²) in [5.74, 6) is -1.02. The number of aromatic nitrogens is 1. The Morgan fingerprint density at radius 1 is 1.18 bits per heavy atom. The number of hydrogen-bond donors (Lipinski definition) is 1. The Hall–Kier alpha value is -2.76. The van der Waals surface area contributed by atoms with Crippen molar-refractivity contribution in [1.82, 2.24) is 10.3 Å². The van der Waals surface area contributed by atoms with E-state index in [2.05, 4.69) is 15.0 Å². The molecule has 0 spiro atoms. The summed E-state index contributed by atoms with van der Waals surface area (Å²) in [6.07, 6.45) is 1.55. The maximum atomic E-state index is 12.9. The first-order chi connectivity index (χ1) is 10.6. The molecular weight excluding hydrogens is 287 g/mol. The van der Waals surface area contributed by atoms with Crippen molar-refractivity contribution in [3.8, 4) is 11.3 Å². The number of amides is 1. The molecule has 5 nitrogen and oxygen atoms in total. The van der Waals surface area contributed by atoms with E-state index in [4.69, 9.17) is 0 Å². The third-order valence-electron chi connectivity index (χ3n) is 3.01. The van der Waals surface area contributed by atoms with Gasteiger partial charge in [-0.05, 0) is 36.4 Å². The number of halogens is 1. The van der Waals surface area contributed by atoms with Gasteiger partial charge < -0.3 is 10.1 Å². The molecule has 1 heterocycles. The van der Waals surface area contributed by atoms with E-state index in [1.165, 1.54) is 25.4 Å². The number of ether oxygens (including phenoxy) is 1. The third kappa shape index (κ3) is 4.12. The predicted octanol–water partition coefficient (Wildman–Crippen LogP) is 2.18. The molecule has 0 radical (unpaired) electrons. The predicted molar refractivity (Wildman–Crippen MR) is 78.6 cm³/mol. The highest BCUT2D eigenvalue weighted by Gasteiger charge is 2.08. The van der Waals surface area contributed by atoms with Crippen LogP contribution in [0.5, 0.6) is 0 Å². The van der Waals surface area contributed by atoms with E-state index in [0.717, 1.165) is 5.56 Å². The summed E-state index contributed by atoms with van der Waals surface area (Å²) >= 11 is 0. The molecule has 1 aromatic heterocycles. The van der Waals surface area contributed by atoms with Gasteiger partial charge in [0.05, 0.1) is 24.8 Å². The van der Waals surface area contributed by atoms with Crippen molar-refractivity contribution in [2.24, 2.45) is 0 Å². The van der Waals surface area contributed by atoms with Crippen LogP contribution in [0.15, 0.2) is 42.6 Å². The van der Waals surface area contributed by atoms with Crippen molar-refractivity contribution in [3.05, 3.63) is 54.0 Å². The summed E-state index contributed by atoms with van der Waals surface area (Å²) in [6, 6.07) is 9.25. The molecule has 0 aliphatic carbocycles. The lowest BCUT2D eigenvalue weighted by atomic mass is 10.1. The largest absolute Gasteiger partial charge is 0.469 e. The molecule has 1 amide bonds. The molecule has 0 saturated carbocycles. The summed E-state index contributed by atoms with van der Waals surface area (Å²) < 4.78 is 17.3. The smallest absolute Gasteiger partial charge is 0.307 e. The molecule has 0 aliphatic heterocycles. The second kappa shape index (κ2) is 7.31. The average molecular weight is 302 g/mol. The van der Waals surface area contributed by atoms with Crippen LogP contribution in [0.2, 0.25) is 0 Å². The van der Waals surface area contributed by atoms with Gasteiger partial charge in [-0.3, -0.25) is 14.6 Å². The second-order valence-corrected chi connectivity index (χ2v) is 4.52. The van der Waals surface area contributed by atoms with E-state index in [1.54, 1.807) is 24.3 Å². The Labute approximate surface area is 127 Å². The van der Waals surface area contributed by atoms with Crippen LogP contribution in [0.3, 0.4) is 0 Å². The van der Waals surface area contributed by atoms with Gasteiger partial charge in [0, 0.05) is 18.3 Å². The molecule has 0 aliphatic rings. The lowest BCUT2D eigenvalue weighted by molar-refractivity contribution is -0.140. The van der Waals surface area contributed by atoms with Crippen molar-refractivity contribution in [2.45, 2.75) is 6.42 Å². The van der Waals surface area contributed by atoms with Crippen LogP contribution in [-0.4, -0.2) is 30.5 Å². The van der Waals surface area contributed by atoms with Gasteiger partial charge in [-0.15, -0.1) is 0 Å². The number of hydrogen-bond acceptors (Lipinski definition) is 4. The topological polar surface area (TPSA) is 68.3 Å². The number of benzene rings is 1. The van der Waals surface area contributed by atoms with E-state index in [0.29, 0.717) is 11.3 Å². The van der Waals surface area contributed by atoms with E-state index in [-0.39, 0.29) is 30.7 Å². The quantitative estimate of drug-likeness (QED) is 0.860. The van der Waals surface area contributed by atoms with Gasteiger partial charge in [0.25, 0.3) is 5.91 Å². The molecule has 1 aromatic carbocycles. The first kappa shape index (κ1) is 15.6. The highest BCUT2D eigenvalue weighted by molar-refractivity contribution is 5.94. The van der Waals surface area contributed by atoms with Gasteiger partial charge in [0.1, 0.15) is 5.82 Å². The van der Waals surface area contributed by atoms with Crippen molar-refractivity contribution >= 4 is 11.9 Å². The first-order valence-electron chi connectivity index (χ1n) is 6.67. The number of nitrogens with one attached hydrogen (secondary N) is 1. The highest BCUT2D eigenvalue weighted by atomic mass is 19.1. The van der Waals surface area contributed by atoms with Gasteiger partial charge in [0.15, 0.2) is 0 Å². The zero-order valence-electron chi connectivity index (χ0n) is 12.0. The third-order valence-corrected chi connectivity index (χ3v) is 3.01. The first-order valence-corrected chi connectivity index (χ1v) is 6.67. The van der Waals surface area contributed by atoms with E-state index < -0.39 is 0 Å². The van der Waals surface area contributed by atoms with Crippen LogP contribution >= 0.6 is 0 Å². The van der Waals surface area contributed by atoms with Crippen molar-refractivity contribution < 1.29 is 18.7 Å². The Balaban J connectivity index is 1.97. The fourth-order valence-electron chi connectivity index (χ4n) is 1.80. The summed E-state index contributed by atoms with van der Waals surface area (Å²) in [4.78, 5) is 27.0. The molecule has 0 fully saturated rings. The Morgan fingerprint density at radius 3 is 2.50 bits per heavy atom. The van der Waals surface area contributed by atoms with Crippen molar-refractivity contribution in [3.63, 3.8) is 0 Å². The maximum absolute atomic E-state index is 12.9. The number of esters is 1. The van der Waals surface area contributed by atoms with Crippen LogP contribution < -0.4 is 5.32 Å². The number of rotatable bonds is 5. The summed E-state index contributed by atoms with van der Waals surface area (Å²) in [6.45, 7) is 0.200. The van der Waals surface area contributed by atoms with Gasteiger partial charge in [-0.25, -0.2) is 4.39 Å².